The van der Waals surface area contributed by atoms with E-state index < -0.39 is 0 Å². The highest BCUT2D eigenvalue weighted by Gasteiger charge is 2.16. The number of nitrogens with two attached hydrogens (primary N) is 1. The molecule has 0 aliphatic rings. The van der Waals surface area contributed by atoms with Crippen LogP contribution in [0, 0.1) is 12.8 Å². The van der Waals surface area contributed by atoms with Gasteiger partial charge >= 0.3 is 0 Å². The highest BCUT2D eigenvalue weighted by atomic mass is 35.5. The molecule has 2 heterocycles. The van der Waals surface area contributed by atoms with E-state index >= 15 is 0 Å². The standard InChI is InChI=1S/C25H25ClN6O2/c1-14-9-17(23(27)28-2)11-20-22(14)32-24(31-20)21-19(7-8-29-25(21)34)30-12-15(13-33)10-16-5-3-4-6-18(16)26/h3-9,11-12,15,33H,10,13H2,1-2H3,(H2,27,28)(H,29,34)(H,31,32). The van der Waals surface area contributed by atoms with E-state index in [9.17, 15) is 9.90 Å². The van der Waals surface area contributed by atoms with Gasteiger partial charge in [0, 0.05) is 36.0 Å². The molecule has 0 radical (unpaired) electrons. The van der Waals surface area contributed by atoms with Gasteiger partial charge in [0.2, 0.25) is 0 Å². The van der Waals surface area contributed by atoms with Gasteiger partial charge in [-0.25, -0.2) is 4.98 Å². The molecule has 0 aliphatic carbocycles. The van der Waals surface area contributed by atoms with Gasteiger partial charge in [-0.05, 0) is 48.7 Å². The van der Waals surface area contributed by atoms with Crippen molar-refractivity contribution < 1.29 is 5.11 Å². The molecule has 0 spiro atoms. The lowest BCUT2D eigenvalue weighted by Crippen LogP contribution is -2.13. The number of rotatable bonds is 7. The van der Waals surface area contributed by atoms with Crippen LogP contribution in [0.15, 0.2) is 63.4 Å². The van der Waals surface area contributed by atoms with Crippen molar-refractivity contribution in [3.8, 4) is 11.4 Å². The summed E-state index contributed by atoms with van der Waals surface area (Å²) in [6.45, 7) is 1.81. The van der Waals surface area contributed by atoms with Gasteiger partial charge in [-0.1, -0.05) is 29.8 Å². The van der Waals surface area contributed by atoms with Gasteiger partial charge in [0.15, 0.2) is 0 Å². The van der Waals surface area contributed by atoms with Gasteiger partial charge in [0.25, 0.3) is 5.56 Å². The highest BCUT2D eigenvalue weighted by molar-refractivity contribution is 6.31. The fraction of sp³-hybridized carbons (Fsp3) is 0.200. The van der Waals surface area contributed by atoms with Crippen LogP contribution in [0.25, 0.3) is 22.4 Å². The van der Waals surface area contributed by atoms with Gasteiger partial charge in [0.05, 0.1) is 23.3 Å². The molecule has 1 atom stereocenters. The van der Waals surface area contributed by atoms with E-state index in [4.69, 9.17) is 17.3 Å². The number of aliphatic hydroxyl groups excluding tert-OH is 1. The molecule has 5 N–H and O–H groups in total. The van der Waals surface area contributed by atoms with Crippen LogP contribution in [0.4, 0.5) is 5.69 Å². The number of nitrogens with one attached hydrogen (secondary N) is 2. The molecule has 2 aromatic carbocycles. The molecule has 0 aliphatic heterocycles. The fourth-order valence-electron chi connectivity index (χ4n) is 3.79. The van der Waals surface area contributed by atoms with Crippen LogP contribution in [0.1, 0.15) is 16.7 Å². The number of aryl methyl sites for hydroxylation is 1. The monoisotopic (exact) mass is 476 g/mol. The predicted octanol–water partition coefficient (Wildman–Crippen LogP) is 3.77. The number of nitrogens with zero attached hydrogens (tertiary/aromatic N) is 3. The molecule has 34 heavy (non-hydrogen) atoms. The third-order valence-electron chi connectivity index (χ3n) is 5.59. The topological polar surface area (TPSA) is 133 Å². The molecule has 9 heteroatoms. The number of pyridine rings is 1. The van der Waals surface area contributed by atoms with Crippen molar-refractivity contribution in [3.05, 3.63) is 80.7 Å². The lowest BCUT2D eigenvalue weighted by Gasteiger charge is -2.10. The molecule has 4 aromatic rings. The number of aliphatic hydroxyl groups is 1. The quantitative estimate of drug-likeness (QED) is 0.238. The summed E-state index contributed by atoms with van der Waals surface area (Å²) >= 11 is 6.26. The van der Waals surface area contributed by atoms with E-state index in [1.54, 1.807) is 19.3 Å². The molecule has 0 amide bonds. The Hall–Kier alpha value is -3.75. The number of hydrogen-bond acceptors (Lipinski definition) is 5. The minimum absolute atomic E-state index is 0.111. The van der Waals surface area contributed by atoms with Crippen molar-refractivity contribution in [2.24, 2.45) is 21.6 Å². The third kappa shape index (κ3) is 4.78. The maximum absolute atomic E-state index is 12.8. The Morgan fingerprint density at radius 3 is 2.82 bits per heavy atom. The lowest BCUT2D eigenvalue weighted by molar-refractivity contribution is 0.263. The predicted molar refractivity (Wildman–Crippen MR) is 137 cm³/mol. The SMILES string of the molecule is CN=C(N)c1cc(C)c2nc(-c3c(N=CC(CO)Cc4ccccc4Cl)cc[nH]c3=O)[nH]c2c1. The zero-order valence-electron chi connectivity index (χ0n) is 18.8. The largest absolute Gasteiger partial charge is 0.396 e. The molecule has 2 aromatic heterocycles. The van der Waals surface area contributed by atoms with Crippen LogP contribution >= 0.6 is 11.6 Å². The third-order valence-corrected chi connectivity index (χ3v) is 5.96. The molecule has 8 nitrogen and oxygen atoms in total. The average Bonchev–Trinajstić information content (AvgIpc) is 3.26. The number of fused-ring (bicyclic) bond motifs is 1. The van der Waals surface area contributed by atoms with Crippen molar-refractivity contribution in [2.75, 3.05) is 13.7 Å². The zero-order chi connectivity index (χ0) is 24.2. The minimum atomic E-state index is -0.326. The van der Waals surface area contributed by atoms with Crippen LogP contribution in [0.5, 0.6) is 0 Å². The zero-order valence-corrected chi connectivity index (χ0v) is 19.6. The first kappa shape index (κ1) is 23.4. The Labute approximate surface area is 201 Å². The number of halogens is 1. The molecular formula is C25H25ClN6O2. The Kier molecular flexibility index (Phi) is 6.90. The maximum atomic E-state index is 12.8. The second kappa shape index (κ2) is 10.0. The van der Waals surface area contributed by atoms with Crippen LogP contribution in [-0.2, 0) is 6.42 Å². The molecule has 0 saturated carbocycles. The summed E-state index contributed by atoms with van der Waals surface area (Å²) in [5, 5.41) is 10.5. The Bertz CT molecular complexity index is 1450. The summed E-state index contributed by atoms with van der Waals surface area (Å²) in [4.78, 5) is 31.9. The summed E-state index contributed by atoms with van der Waals surface area (Å²) in [5.41, 5.74) is 10.5. The Morgan fingerprint density at radius 1 is 1.29 bits per heavy atom. The normalized spacial score (nSPS) is 13.1. The number of hydrogen-bond donors (Lipinski definition) is 4. The fourth-order valence-corrected chi connectivity index (χ4v) is 4.00. The average molecular weight is 477 g/mol. The second-order valence-corrected chi connectivity index (χ2v) is 8.37. The van der Waals surface area contributed by atoms with Gasteiger partial charge in [-0.15, -0.1) is 0 Å². The van der Waals surface area contributed by atoms with Crippen molar-refractivity contribution >= 4 is 40.4 Å². The minimum Gasteiger partial charge on any atom is -0.396 e. The molecule has 4 rings (SSSR count). The number of aromatic nitrogens is 3. The maximum Gasteiger partial charge on any atom is 0.261 e. The van der Waals surface area contributed by atoms with Crippen molar-refractivity contribution in [3.63, 3.8) is 0 Å². The lowest BCUT2D eigenvalue weighted by atomic mass is 10.0. The first-order valence-corrected chi connectivity index (χ1v) is 11.1. The number of imidazole rings is 1. The van der Waals surface area contributed by atoms with Crippen LogP contribution in [0.3, 0.4) is 0 Å². The molecule has 0 bridgehead atoms. The van der Waals surface area contributed by atoms with Gasteiger partial charge in [0.1, 0.15) is 17.2 Å². The van der Waals surface area contributed by atoms with Gasteiger partial charge in [-0.3, -0.25) is 14.8 Å². The Balaban J connectivity index is 1.72. The smallest absolute Gasteiger partial charge is 0.261 e. The van der Waals surface area contributed by atoms with E-state index in [1.165, 1.54) is 6.20 Å². The van der Waals surface area contributed by atoms with Crippen molar-refractivity contribution in [1.29, 1.82) is 0 Å². The van der Waals surface area contributed by atoms with Gasteiger partial charge < -0.3 is 20.8 Å². The molecule has 1 unspecified atom stereocenters. The number of aliphatic imine (C=N–C) groups is 2. The molecular weight excluding hydrogens is 452 g/mol. The van der Waals surface area contributed by atoms with Crippen LogP contribution < -0.4 is 11.3 Å². The van der Waals surface area contributed by atoms with E-state index in [-0.39, 0.29) is 18.1 Å². The van der Waals surface area contributed by atoms with E-state index in [1.807, 2.05) is 43.3 Å². The second-order valence-electron chi connectivity index (χ2n) is 7.97. The first-order valence-electron chi connectivity index (χ1n) is 10.7. The molecule has 174 valence electrons. The van der Waals surface area contributed by atoms with Crippen LogP contribution in [0.2, 0.25) is 5.02 Å². The van der Waals surface area contributed by atoms with E-state index in [0.717, 1.165) is 27.7 Å². The Morgan fingerprint density at radius 2 is 2.09 bits per heavy atom. The van der Waals surface area contributed by atoms with Crippen molar-refractivity contribution in [1.82, 2.24) is 15.0 Å². The number of H-pyrrole nitrogens is 2. The summed E-state index contributed by atoms with van der Waals surface area (Å²) in [5.74, 6) is 0.532. The summed E-state index contributed by atoms with van der Waals surface area (Å²) in [7, 11) is 1.63. The summed E-state index contributed by atoms with van der Waals surface area (Å²) in [6, 6.07) is 12.9. The summed E-state index contributed by atoms with van der Waals surface area (Å²) < 4.78 is 0. The molecule has 0 saturated heterocycles. The highest BCUT2D eigenvalue weighted by Crippen LogP contribution is 2.28. The van der Waals surface area contributed by atoms with Gasteiger partial charge in [-0.2, -0.15) is 0 Å². The first-order chi connectivity index (χ1) is 16.4. The van der Waals surface area contributed by atoms with E-state index in [0.29, 0.717) is 34.4 Å². The summed E-state index contributed by atoms with van der Waals surface area (Å²) in [6.07, 6.45) is 3.70. The molecule has 0 fully saturated rings. The number of amidine groups is 1. The van der Waals surface area contributed by atoms with Crippen LogP contribution in [-0.4, -0.2) is 45.8 Å². The number of aromatic amines is 2. The van der Waals surface area contributed by atoms with Crippen molar-refractivity contribution in [2.45, 2.75) is 13.3 Å². The number of benzene rings is 2. The van der Waals surface area contributed by atoms with E-state index in [2.05, 4.69) is 24.9 Å².